The van der Waals surface area contributed by atoms with Crippen molar-refractivity contribution in [2.75, 3.05) is 0 Å². The Hall–Kier alpha value is 0. The van der Waals surface area contributed by atoms with E-state index in [1.54, 1.807) is 38.5 Å². The first-order valence-electron chi connectivity index (χ1n) is 10.5. The molecule has 0 nitrogen and oxygen atoms in total. The van der Waals surface area contributed by atoms with Gasteiger partial charge in [0, 0.05) is 0 Å². The standard InChI is InChI=1S/C22H38/c1-5-16-8-10-19-17-9-11-18-15(2)7-6-13-22(18,4)20(17)12-14-21(16,19)3/h15-20H,5-14H2,1-4H3/t15-,16+,17+,18?,19+,20+,21-,22+/m1/s1. The predicted octanol–water partition coefficient (Wildman–Crippen LogP) is 6.69. The molecule has 4 fully saturated rings. The molecule has 22 heavy (non-hydrogen) atoms. The summed E-state index contributed by atoms with van der Waals surface area (Å²) in [6, 6.07) is 0. The fourth-order valence-corrected chi connectivity index (χ4v) is 8.58. The van der Waals surface area contributed by atoms with Crippen molar-refractivity contribution in [2.45, 2.75) is 91.9 Å². The number of hydrogen-bond acceptors (Lipinski definition) is 0. The van der Waals surface area contributed by atoms with Gasteiger partial charge in [-0.05, 0) is 91.3 Å². The number of fused-ring (bicyclic) bond motifs is 5. The van der Waals surface area contributed by atoms with Gasteiger partial charge in [-0.25, -0.2) is 0 Å². The zero-order chi connectivity index (χ0) is 15.5. The maximum Gasteiger partial charge on any atom is -0.0264 e. The molecule has 0 aromatic rings. The molecule has 0 heteroatoms. The van der Waals surface area contributed by atoms with Gasteiger partial charge in [0.05, 0.1) is 0 Å². The van der Waals surface area contributed by atoms with Crippen LogP contribution in [0, 0.1) is 46.3 Å². The highest BCUT2D eigenvalue weighted by atomic mass is 14.6. The Morgan fingerprint density at radius 2 is 1.50 bits per heavy atom. The lowest BCUT2D eigenvalue weighted by Gasteiger charge is -2.61. The average Bonchev–Trinajstić information content (AvgIpc) is 2.83. The van der Waals surface area contributed by atoms with Gasteiger partial charge in [0.1, 0.15) is 0 Å². The van der Waals surface area contributed by atoms with Crippen LogP contribution < -0.4 is 0 Å². The Morgan fingerprint density at radius 3 is 2.27 bits per heavy atom. The van der Waals surface area contributed by atoms with Crippen LogP contribution in [0.1, 0.15) is 91.9 Å². The summed E-state index contributed by atoms with van der Waals surface area (Å²) in [6.07, 6.45) is 15.3. The van der Waals surface area contributed by atoms with E-state index in [0.29, 0.717) is 10.8 Å². The summed E-state index contributed by atoms with van der Waals surface area (Å²) in [5, 5.41) is 0. The van der Waals surface area contributed by atoms with E-state index >= 15 is 0 Å². The zero-order valence-corrected chi connectivity index (χ0v) is 15.5. The number of hydrogen-bond donors (Lipinski definition) is 0. The van der Waals surface area contributed by atoms with Gasteiger partial charge in [-0.1, -0.05) is 47.0 Å². The first-order chi connectivity index (χ1) is 10.5. The van der Waals surface area contributed by atoms with Crippen LogP contribution in [-0.4, -0.2) is 0 Å². The minimum absolute atomic E-state index is 0.701. The molecule has 0 spiro atoms. The van der Waals surface area contributed by atoms with Gasteiger partial charge >= 0.3 is 0 Å². The SMILES string of the molecule is CC[C@H]1CC[C@H]2[C@@H]3CCC4[C@H](C)CCC[C@]4(C)[C@H]3CC[C@]12C. The molecule has 0 radical (unpaired) electrons. The molecule has 0 bridgehead atoms. The summed E-state index contributed by atoms with van der Waals surface area (Å²) in [5.74, 6) is 6.32. The highest BCUT2D eigenvalue weighted by molar-refractivity contribution is 5.09. The molecule has 0 aliphatic heterocycles. The van der Waals surface area contributed by atoms with Crippen LogP contribution in [0.15, 0.2) is 0 Å². The minimum Gasteiger partial charge on any atom is -0.0651 e. The summed E-state index contributed by atoms with van der Waals surface area (Å²) < 4.78 is 0. The van der Waals surface area contributed by atoms with Crippen LogP contribution in [0.2, 0.25) is 0 Å². The largest absolute Gasteiger partial charge is 0.0651 e. The molecule has 4 saturated carbocycles. The number of rotatable bonds is 1. The molecule has 126 valence electrons. The lowest BCUT2D eigenvalue weighted by Crippen LogP contribution is -2.54. The normalized spacial score (nSPS) is 57.8. The van der Waals surface area contributed by atoms with Crippen molar-refractivity contribution in [1.29, 1.82) is 0 Å². The van der Waals surface area contributed by atoms with Crippen LogP contribution in [0.4, 0.5) is 0 Å². The fraction of sp³-hybridized carbons (Fsp3) is 1.00. The molecule has 0 heterocycles. The Bertz CT molecular complexity index is 426. The van der Waals surface area contributed by atoms with E-state index in [2.05, 4.69) is 27.7 Å². The molecular formula is C22H38. The van der Waals surface area contributed by atoms with Crippen molar-refractivity contribution in [1.82, 2.24) is 0 Å². The topological polar surface area (TPSA) is 0 Å². The maximum atomic E-state index is 2.72. The summed E-state index contributed by atoms with van der Waals surface area (Å²) in [5.41, 5.74) is 1.41. The molecular weight excluding hydrogens is 264 g/mol. The molecule has 0 amide bonds. The Kier molecular flexibility index (Phi) is 3.70. The Morgan fingerprint density at radius 1 is 0.773 bits per heavy atom. The first-order valence-corrected chi connectivity index (χ1v) is 10.5. The van der Waals surface area contributed by atoms with Gasteiger partial charge in [-0.3, -0.25) is 0 Å². The third kappa shape index (κ3) is 1.94. The van der Waals surface area contributed by atoms with Crippen molar-refractivity contribution < 1.29 is 0 Å². The quantitative estimate of drug-likeness (QED) is 0.506. The second kappa shape index (κ2) is 5.25. The summed E-state index contributed by atoms with van der Waals surface area (Å²) in [4.78, 5) is 0. The second-order valence-corrected chi connectivity index (χ2v) is 10.2. The predicted molar refractivity (Wildman–Crippen MR) is 94.7 cm³/mol. The van der Waals surface area contributed by atoms with Crippen molar-refractivity contribution in [3.05, 3.63) is 0 Å². The van der Waals surface area contributed by atoms with E-state index in [-0.39, 0.29) is 0 Å². The van der Waals surface area contributed by atoms with Crippen LogP contribution in [0.5, 0.6) is 0 Å². The molecule has 8 atom stereocenters. The van der Waals surface area contributed by atoms with Gasteiger partial charge in [0.25, 0.3) is 0 Å². The highest BCUT2D eigenvalue weighted by Crippen LogP contribution is 2.68. The van der Waals surface area contributed by atoms with E-state index in [1.807, 2.05) is 0 Å². The van der Waals surface area contributed by atoms with Crippen molar-refractivity contribution in [2.24, 2.45) is 46.3 Å². The van der Waals surface area contributed by atoms with Crippen molar-refractivity contribution in [3.63, 3.8) is 0 Å². The van der Waals surface area contributed by atoms with E-state index < -0.39 is 0 Å². The lowest BCUT2D eigenvalue weighted by atomic mass is 9.43. The smallest absolute Gasteiger partial charge is 0.0264 e. The van der Waals surface area contributed by atoms with E-state index in [0.717, 1.165) is 35.5 Å². The monoisotopic (exact) mass is 302 g/mol. The van der Waals surface area contributed by atoms with Gasteiger partial charge < -0.3 is 0 Å². The van der Waals surface area contributed by atoms with E-state index in [4.69, 9.17) is 0 Å². The minimum atomic E-state index is 0.701. The Labute approximate surface area is 138 Å². The summed E-state index contributed by atoms with van der Waals surface area (Å²) >= 11 is 0. The maximum absolute atomic E-state index is 2.72. The van der Waals surface area contributed by atoms with Gasteiger partial charge in [-0.2, -0.15) is 0 Å². The molecule has 4 aliphatic carbocycles. The molecule has 0 aromatic carbocycles. The van der Waals surface area contributed by atoms with Gasteiger partial charge in [0.2, 0.25) is 0 Å². The third-order valence-electron chi connectivity index (χ3n) is 9.69. The van der Waals surface area contributed by atoms with Crippen LogP contribution in [0.3, 0.4) is 0 Å². The fourth-order valence-electron chi connectivity index (χ4n) is 8.58. The van der Waals surface area contributed by atoms with Crippen LogP contribution >= 0.6 is 0 Å². The molecule has 1 unspecified atom stereocenters. The first kappa shape index (κ1) is 15.5. The van der Waals surface area contributed by atoms with Crippen LogP contribution in [-0.2, 0) is 0 Å². The highest BCUT2D eigenvalue weighted by Gasteiger charge is 2.59. The van der Waals surface area contributed by atoms with Gasteiger partial charge in [-0.15, -0.1) is 0 Å². The average molecular weight is 303 g/mol. The third-order valence-corrected chi connectivity index (χ3v) is 9.69. The lowest BCUT2D eigenvalue weighted by molar-refractivity contribution is -0.124. The van der Waals surface area contributed by atoms with E-state index in [1.165, 1.54) is 25.7 Å². The molecule has 0 aromatic heterocycles. The summed E-state index contributed by atoms with van der Waals surface area (Å²) in [6.45, 7) is 10.4. The second-order valence-electron chi connectivity index (χ2n) is 10.2. The molecule has 4 aliphatic rings. The summed E-state index contributed by atoms with van der Waals surface area (Å²) in [7, 11) is 0. The van der Waals surface area contributed by atoms with Gasteiger partial charge in [0.15, 0.2) is 0 Å². The van der Waals surface area contributed by atoms with Crippen molar-refractivity contribution >= 4 is 0 Å². The molecule has 0 N–H and O–H groups in total. The zero-order valence-electron chi connectivity index (χ0n) is 15.5. The van der Waals surface area contributed by atoms with Crippen molar-refractivity contribution in [3.8, 4) is 0 Å². The Balaban J connectivity index is 1.63. The van der Waals surface area contributed by atoms with E-state index in [9.17, 15) is 0 Å². The molecule has 0 saturated heterocycles. The van der Waals surface area contributed by atoms with Crippen LogP contribution in [0.25, 0.3) is 0 Å². The molecule has 4 rings (SSSR count).